The highest BCUT2D eigenvalue weighted by Crippen LogP contribution is 2.36. The third-order valence-corrected chi connectivity index (χ3v) is 3.65. The van der Waals surface area contributed by atoms with Crippen LogP contribution in [0, 0.1) is 0 Å². The molecule has 0 bridgehead atoms. The van der Waals surface area contributed by atoms with Gasteiger partial charge in [-0.3, -0.25) is 0 Å². The van der Waals surface area contributed by atoms with Crippen LogP contribution in [-0.4, -0.2) is 13.2 Å². The molecular weight excluding hydrogens is 210 g/mol. The zero-order valence-electron chi connectivity index (χ0n) is 10.1. The summed E-state index contributed by atoms with van der Waals surface area (Å²) in [5.41, 5.74) is 8.78. The van der Waals surface area contributed by atoms with E-state index < -0.39 is 0 Å². The van der Waals surface area contributed by atoms with Crippen LogP contribution in [0.1, 0.15) is 17.5 Å². The molecule has 1 aliphatic carbocycles. The highest BCUT2D eigenvalue weighted by atomic mass is 16.5. The van der Waals surface area contributed by atoms with Gasteiger partial charge in [0.15, 0.2) is 0 Å². The van der Waals surface area contributed by atoms with E-state index >= 15 is 0 Å². The number of benzene rings is 2. The van der Waals surface area contributed by atoms with E-state index in [1.54, 1.807) is 7.11 Å². The van der Waals surface area contributed by atoms with Gasteiger partial charge in [-0.1, -0.05) is 30.3 Å². The fraction of sp³-hybridized carbons (Fsp3) is 0.333. The summed E-state index contributed by atoms with van der Waals surface area (Å²) in [6, 6.07) is 11.0. The molecule has 0 saturated carbocycles. The van der Waals surface area contributed by atoms with Gasteiger partial charge in [0.25, 0.3) is 0 Å². The van der Waals surface area contributed by atoms with Crippen LogP contribution in [0.3, 0.4) is 0 Å². The van der Waals surface area contributed by atoms with Crippen molar-refractivity contribution in [3.63, 3.8) is 0 Å². The summed E-state index contributed by atoms with van der Waals surface area (Å²) in [6.45, 7) is 0. The Bertz CT molecular complexity index is 562. The minimum Gasteiger partial charge on any atom is -0.496 e. The van der Waals surface area contributed by atoms with Crippen LogP contribution in [0.2, 0.25) is 0 Å². The third kappa shape index (κ3) is 1.69. The molecule has 88 valence electrons. The van der Waals surface area contributed by atoms with Crippen molar-refractivity contribution in [1.29, 1.82) is 0 Å². The Balaban J connectivity index is 2.30. The average Bonchev–Trinajstić information content (AvgIpc) is 2.36. The maximum absolute atomic E-state index is 6.06. The molecule has 0 saturated heterocycles. The second-order valence-electron chi connectivity index (χ2n) is 4.77. The maximum atomic E-state index is 6.06. The van der Waals surface area contributed by atoms with Crippen molar-refractivity contribution in [2.45, 2.75) is 25.3 Å². The van der Waals surface area contributed by atoms with Crippen molar-refractivity contribution in [3.05, 3.63) is 41.5 Å². The van der Waals surface area contributed by atoms with E-state index in [4.69, 9.17) is 10.5 Å². The molecule has 0 heterocycles. The van der Waals surface area contributed by atoms with Gasteiger partial charge in [0, 0.05) is 11.4 Å². The quantitative estimate of drug-likeness (QED) is 0.813. The van der Waals surface area contributed by atoms with E-state index in [2.05, 4.69) is 30.3 Å². The molecule has 0 unspecified atom stereocenters. The average molecular weight is 227 g/mol. The minimum atomic E-state index is 0.276. The first kappa shape index (κ1) is 10.6. The van der Waals surface area contributed by atoms with Crippen molar-refractivity contribution in [2.75, 3.05) is 7.11 Å². The number of ether oxygens (including phenoxy) is 1. The second kappa shape index (κ2) is 4.04. The SMILES string of the molecule is COc1c2c(cc3ccccc13)CC[C@@H](N)C2. The van der Waals surface area contributed by atoms with Gasteiger partial charge < -0.3 is 10.5 Å². The van der Waals surface area contributed by atoms with Gasteiger partial charge >= 0.3 is 0 Å². The smallest absolute Gasteiger partial charge is 0.130 e. The molecule has 0 fully saturated rings. The van der Waals surface area contributed by atoms with Crippen molar-refractivity contribution >= 4 is 10.8 Å². The Labute approximate surface area is 101 Å². The number of hydrogen-bond donors (Lipinski definition) is 1. The molecule has 0 radical (unpaired) electrons. The monoisotopic (exact) mass is 227 g/mol. The molecule has 1 atom stereocenters. The molecule has 0 amide bonds. The molecule has 0 aromatic heterocycles. The molecule has 0 spiro atoms. The molecular formula is C15H17NO. The number of hydrogen-bond acceptors (Lipinski definition) is 2. The van der Waals surface area contributed by atoms with Crippen LogP contribution < -0.4 is 10.5 Å². The van der Waals surface area contributed by atoms with E-state index in [1.807, 2.05) is 0 Å². The van der Waals surface area contributed by atoms with E-state index in [0.717, 1.165) is 25.0 Å². The van der Waals surface area contributed by atoms with E-state index in [1.165, 1.54) is 21.9 Å². The third-order valence-electron chi connectivity index (χ3n) is 3.65. The number of aryl methyl sites for hydroxylation is 1. The molecule has 1 aliphatic rings. The van der Waals surface area contributed by atoms with Crippen LogP contribution in [0.15, 0.2) is 30.3 Å². The van der Waals surface area contributed by atoms with Crippen LogP contribution in [0.25, 0.3) is 10.8 Å². The Morgan fingerprint density at radius 3 is 2.94 bits per heavy atom. The van der Waals surface area contributed by atoms with Crippen LogP contribution in [-0.2, 0) is 12.8 Å². The van der Waals surface area contributed by atoms with Crippen molar-refractivity contribution in [2.24, 2.45) is 5.73 Å². The van der Waals surface area contributed by atoms with E-state index in [-0.39, 0.29) is 6.04 Å². The molecule has 2 N–H and O–H groups in total. The van der Waals surface area contributed by atoms with E-state index in [9.17, 15) is 0 Å². The maximum Gasteiger partial charge on any atom is 0.130 e. The Hall–Kier alpha value is -1.54. The summed E-state index contributed by atoms with van der Waals surface area (Å²) in [5.74, 6) is 1.02. The predicted molar refractivity (Wildman–Crippen MR) is 70.5 cm³/mol. The van der Waals surface area contributed by atoms with Crippen LogP contribution in [0.4, 0.5) is 0 Å². The lowest BCUT2D eigenvalue weighted by Crippen LogP contribution is -2.28. The summed E-state index contributed by atoms with van der Waals surface area (Å²) in [6.07, 6.45) is 3.08. The molecule has 0 aliphatic heterocycles. The largest absolute Gasteiger partial charge is 0.496 e. The van der Waals surface area contributed by atoms with E-state index in [0.29, 0.717) is 0 Å². The van der Waals surface area contributed by atoms with Gasteiger partial charge in [-0.2, -0.15) is 0 Å². The normalized spacial score (nSPS) is 19.1. The summed E-state index contributed by atoms with van der Waals surface area (Å²) < 4.78 is 5.62. The zero-order valence-corrected chi connectivity index (χ0v) is 10.1. The first-order valence-corrected chi connectivity index (χ1v) is 6.12. The molecule has 2 nitrogen and oxygen atoms in total. The zero-order chi connectivity index (χ0) is 11.8. The van der Waals surface area contributed by atoms with Gasteiger partial charge in [0.05, 0.1) is 7.11 Å². The second-order valence-corrected chi connectivity index (χ2v) is 4.77. The number of nitrogens with two attached hydrogens (primary N) is 1. The number of methoxy groups -OCH3 is 1. The molecule has 17 heavy (non-hydrogen) atoms. The van der Waals surface area contributed by atoms with Gasteiger partial charge in [-0.05, 0) is 35.8 Å². The molecule has 2 heteroatoms. The topological polar surface area (TPSA) is 35.2 Å². The minimum absolute atomic E-state index is 0.276. The first-order chi connectivity index (χ1) is 8.29. The summed E-state index contributed by atoms with van der Waals surface area (Å²) in [5, 5.41) is 2.46. The Kier molecular flexibility index (Phi) is 2.52. The first-order valence-electron chi connectivity index (χ1n) is 6.12. The number of fused-ring (bicyclic) bond motifs is 2. The fourth-order valence-corrected chi connectivity index (χ4v) is 2.80. The predicted octanol–water partition coefficient (Wildman–Crippen LogP) is 2.66. The number of rotatable bonds is 1. The van der Waals surface area contributed by atoms with Gasteiger partial charge in [-0.25, -0.2) is 0 Å². The lowest BCUT2D eigenvalue weighted by Gasteiger charge is -2.24. The van der Waals surface area contributed by atoms with Crippen molar-refractivity contribution < 1.29 is 4.74 Å². The fourth-order valence-electron chi connectivity index (χ4n) is 2.80. The summed E-state index contributed by atoms with van der Waals surface area (Å²) in [4.78, 5) is 0. The Morgan fingerprint density at radius 1 is 1.29 bits per heavy atom. The van der Waals surface area contributed by atoms with Crippen LogP contribution in [0.5, 0.6) is 5.75 Å². The highest BCUT2D eigenvalue weighted by Gasteiger charge is 2.20. The summed E-state index contributed by atoms with van der Waals surface area (Å²) in [7, 11) is 1.75. The summed E-state index contributed by atoms with van der Waals surface area (Å²) >= 11 is 0. The van der Waals surface area contributed by atoms with Crippen LogP contribution >= 0.6 is 0 Å². The van der Waals surface area contributed by atoms with Crippen molar-refractivity contribution in [3.8, 4) is 5.75 Å². The lowest BCUT2D eigenvalue weighted by molar-refractivity contribution is 0.408. The molecule has 3 rings (SSSR count). The standard InChI is InChI=1S/C15H17NO/c1-17-15-13-5-3-2-4-10(13)8-11-6-7-12(16)9-14(11)15/h2-5,8,12H,6-7,9,16H2,1H3/t12-/m1/s1. The Morgan fingerprint density at radius 2 is 2.12 bits per heavy atom. The van der Waals surface area contributed by atoms with Gasteiger partial charge in [0.2, 0.25) is 0 Å². The van der Waals surface area contributed by atoms with Crippen molar-refractivity contribution in [1.82, 2.24) is 0 Å². The molecule has 2 aromatic carbocycles. The van der Waals surface area contributed by atoms with Gasteiger partial charge in [-0.15, -0.1) is 0 Å². The highest BCUT2D eigenvalue weighted by molar-refractivity contribution is 5.90. The van der Waals surface area contributed by atoms with Gasteiger partial charge in [0.1, 0.15) is 5.75 Å². The molecule has 2 aromatic rings. The lowest BCUT2D eigenvalue weighted by atomic mass is 9.86.